The molecule has 35 heavy (non-hydrogen) atoms. The smallest absolute Gasteiger partial charge is 0.340 e. The second-order valence-electron chi connectivity index (χ2n) is 10.7. The number of ketones is 1. The molecule has 4 unspecified atom stereocenters. The van der Waals surface area contributed by atoms with Gasteiger partial charge in [0.25, 0.3) is 0 Å². The zero-order chi connectivity index (χ0) is 26.1. The zero-order valence-corrected chi connectivity index (χ0v) is 22.4. The Morgan fingerprint density at radius 1 is 1.29 bits per heavy atom. The fraction of sp³-hybridized carbons (Fsp3) is 0.720. The summed E-state index contributed by atoms with van der Waals surface area (Å²) in [6.07, 6.45) is 0.332. The van der Waals surface area contributed by atoms with E-state index in [2.05, 4.69) is 0 Å². The highest BCUT2D eigenvalue weighted by Crippen LogP contribution is 2.72. The van der Waals surface area contributed by atoms with Crippen molar-refractivity contribution < 1.29 is 33.0 Å². The van der Waals surface area contributed by atoms with E-state index in [0.29, 0.717) is 5.75 Å². The van der Waals surface area contributed by atoms with E-state index in [1.807, 2.05) is 0 Å². The molecule has 0 aromatic heterocycles. The van der Waals surface area contributed by atoms with Crippen LogP contribution in [0.4, 0.5) is 8.78 Å². The Kier molecular flexibility index (Phi) is 6.82. The summed E-state index contributed by atoms with van der Waals surface area (Å²) >= 11 is 12.5. The lowest BCUT2D eigenvalue weighted by Gasteiger charge is -2.63. The number of rotatable bonds is 4. The maximum Gasteiger partial charge on any atom is 0.340 e. The number of thioether (sulfide) groups is 1. The van der Waals surface area contributed by atoms with Crippen molar-refractivity contribution >= 4 is 51.8 Å². The summed E-state index contributed by atoms with van der Waals surface area (Å²) < 4.78 is 38.7. The molecule has 1 N–H and O–H groups in total. The average Bonchev–Trinajstić information content (AvgIpc) is 2.99. The van der Waals surface area contributed by atoms with Gasteiger partial charge in [-0.3, -0.25) is 9.59 Å². The van der Waals surface area contributed by atoms with E-state index in [9.17, 15) is 19.5 Å². The van der Waals surface area contributed by atoms with Crippen molar-refractivity contribution in [3.63, 3.8) is 0 Å². The Morgan fingerprint density at radius 2 is 1.94 bits per heavy atom. The van der Waals surface area contributed by atoms with Gasteiger partial charge in [0.2, 0.25) is 9.95 Å². The maximum atomic E-state index is 17.3. The van der Waals surface area contributed by atoms with Crippen molar-refractivity contribution in [3.8, 4) is 0 Å². The molecule has 0 aromatic rings. The first kappa shape index (κ1) is 27.1. The van der Waals surface area contributed by atoms with Crippen LogP contribution in [0.25, 0.3) is 0 Å². The molecule has 4 aliphatic rings. The van der Waals surface area contributed by atoms with Gasteiger partial charge in [0, 0.05) is 22.7 Å². The maximum absolute atomic E-state index is 17.3. The minimum absolute atomic E-state index is 0.0277. The van der Waals surface area contributed by atoms with Crippen LogP contribution in [0.5, 0.6) is 0 Å². The number of aliphatic hydroxyl groups is 1. The van der Waals surface area contributed by atoms with E-state index in [1.165, 1.54) is 19.1 Å². The van der Waals surface area contributed by atoms with Gasteiger partial charge in [0.15, 0.2) is 17.1 Å². The molecule has 0 aliphatic heterocycles. The number of hydrogen-bond acceptors (Lipinski definition) is 6. The molecule has 0 saturated heterocycles. The van der Waals surface area contributed by atoms with Crippen LogP contribution in [0, 0.1) is 28.6 Å². The third-order valence-electron chi connectivity index (χ3n) is 9.19. The van der Waals surface area contributed by atoms with Gasteiger partial charge in [-0.2, -0.15) is 0 Å². The number of alkyl halides is 4. The summed E-state index contributed by atoms with van der Waals surface area (Å²) in [5.41, 5.74) is -6.71. The van der Waals surface area contributed by atoms with Crippen LogP contribution in [0.15, 0.2) is 23.8 Å². The minimum Gasteiger partial charge on any atom is -0.447 e. The molecule has 0 amide bonds. The van der Waals surface area contributed by atoms with Crippen LogP contribution >= 0.6 is 35.0 Å². The Hall–Kier alpha value is -0.960. The summed E-state index contributed by atoms with van der Waals surface area (Å²) in [5.74, 6) is -3.13. The van der Waals surface area contributed by atoms with Gasteiger partial charge in [-0.25, -0.2) is 13.6 Å². The number of carbonyl (C=O) groups is 3. The van der Waals surface area contributed by atoms with Crippen LogP contribution in [0.1, 0.15) is 47.0 Å². The zero-order valence-electron chi connectivity index (χ0n) is 20.0. The fourth-order valence-electron chi connectivity index (χ4n) is 7.66. The second-order valence-corrected chi connectivity index (χ2v) is 13.0. The number of carbonyl (C=O) groups excluding carboxylic acids is 3. The van der Waals surface area contributed by atoms with E-state index in [-0.39, 0.29) is 24.8 Å². The van der Waals surface area contributed by atoms with Crippen molar-refractivity contribution in [2.75, 3.05) is 5.75 Å². The van der Waals surface area contributed by atoms with Crippen molar-refractivity contribution in [3.05, 3.63) is 23.8 Å². The molecule has 9 atom stereocenters. The predicted molar refractivity (Wildman–Crippen MR) is 131 cm³/mol. The molecular weight excluding hydrogens is 521 g/mol. The molecule has 4 aliphatic carbocycles. The Morgan fingerprint density at radius 3 is 2.54 bits per heavy atom. The van der Waals surface area contributed by atoms with Crippen LogP contribution in [0.2, 0.25) is 0 Å². The SMILES string of the molecule is CCSC(=O)[C@@]1(OC(=O)C(Cl)Cl)[C@H](C)CC2C3C[C@H](F)C4=CC(=O)C=CC4(C)[C@@]3(F)[C@@H](O)CC21C. The Balaban J connectivity index is 1.87. The molecule has 0 heterocycles. The lowest BCUT2D eigenvalue weighted by molar-refractivity contribution is -0.228. The number of aliphatic hydroxyl groups excluding tert-OH is 1. The molecule has 0 spiro atoms. The van der Waals surface area contributed by atoms with Gasteiger partial charge < -0.3 is 9.84 Å². The van der Waals surface area contributed by atoms with Gasteiger partial charge in [-0.1, -0.05) is 61.8 Å². The monoisotopic (exact) mass is 550 g/mol. The molecule has 5 nitrogen and oxygen atoms in total. The number of allylic oxidation sites excluding steroid dienone is 4. The fourth-order valence-corrected chi connectivity index (χ4v) is 8.70. The highest BCUT2D eigenvalue weighted by Gasteiger charge is 2.78. The van der Waals surface area contributed by atoms with E-state index < -0.39 is 73.8 Å². The van der Waals surface area contributed by atoms with Gasteiger partial charge in [-0.05, 0) is 55.6 Å². The topological polar surface area (TPSA) is 80.7 Å². The largest absolute Gasteiger partial charge is 0.447 e. The van der Waals surface area contributed by atoms with Crippen molar-refractivity contribution in [2.45, 2.75) is 75.3 Å². The van der Waals surface area contributed by atoms with Crippen LogP contribution in [-0.4, -0.2) is 56.1 Å². The van der Waals surface area contributed by atoms with Crippen LogP contribution in [0.3, 0.4) is 0 Å². The van der Waals surface area contributed by atoms with Gasteiger partial charge >= 0.3 is 5.97 Å². The van der Waals surface area contributed by atoms with Gasteiger partial charge in [-0.15, -0.1) is 0 Å². The first-order valence-corrected chi connectivity index (χ1v) is 13.7. The molecular formula is C25H30Cl2F2O5S. The third kappa shape index (κ3) is 3.45. The molecule has 10 heteroatoms. The first-order valence-electron chi connectivity index (χ1n) is 11.8. The standard InChI is InChI=1S/C25H30Cl2F2O5S/c1-5-35-21(33)25(34-20(32)19(26)27)12(2)8-14-15-10-17(28)16-9-13(30)6-7-22(16,3)24(15,29)18(31)11-23(14,25)4/h6-7,9,12,14-15,17-19,31H,5,8,10-11H2,1-4H3/t12-,14?,15?,17+,18+,22?,23?,24+,25+/m1/s1. The van der Waals surface area contributed by atoms with Crippen LogP contribution in [-0.2, 0) is 19.1 Å². The Bertz CT molecular complexity index is 1020. The summed E-state index contributed by atoms with van der Waals surface area (Å²) in [6.45, 7) is 6.76. The lowest BCUT2D eigenvalue weighted by atomic mass is 9.44. The van der Waals surface area contributed by atoms with Crippen molar-refractivity contribution in [1.82, 2.24) is 0 Å². The third-order valence-corrected chi connectivity index (χ3v) is 10.4. The summed E-state index contributed by atoms with van der Waals surface area (Å²) in [7, 11) is 0. The van der Waals surface area contributed by atoms with Gasteiger partial charge in [0.1, 0.15) is 6.17 Å². The highest BCUT2D eigenvalue weighted by molar-refractivity contribution is 8.13. The average molecular weight is 551 g/mol. The summed E-state index contributed by atoms with van der Waals surface area (Å²) in [6, 6.07) is 0. The molecule has 4 rings (SSSR count). The highest BCUT2D eigenvalue weighted by atomic mass is 35.5. The molecule has 0 bridgehead atoms. The molecule has 0 aromatic carbocycles. The lowest BCUT2D eigenvalue weighted by Crippen LogP contribution is -2.70. The number of halogens is 4. The quantitative estimate of drug-likeness (QED) is 0.395. The van der Waals surface area contributed by atoms with E-state index in [4.69, 9.17) is 27.9 Å². The minimum atomic E-state index is -2.29. The number of esters is 1. The number of fused-ring (bicyclic) bond motifs is 5. The van der Waals surface area contributed by atoms with E-state index in [0.717, 1.165) is 17.8 Å². The van der Waals surface area contributed by atoms with Gasteiger partial charge in [0.05, 0.1) is 6.10 Å². The van der Waals surface area contributed by atoms with E-state index >= 15 is 8.78 Å². The van der Waals surface area contributed by atoms with Crippen LogP contribution < -0.4 is 0 Å². The normalized spacial score (nSPS) is 46.5. The Labute approximate surface area is 218 Å². The first-order chi connectivity index (χ1) is 16.2. The molecule has 0 radical (unpaired) electrons. The van der Waals surface area contributed by atoms with Crippen molar-refractivity contribution in [1.29, 1.82) is 0 Å². The predicted octanol–water partition coefficient (Wildman–Crippen LogP) is 4.92. The number of ether oxygens (including phenoxy) is 1. The van der Waals surface area contributed by atoms with E-state index in [1.54, 1.807) is 20.8 Å². The number of hydrogen-bond donors (Lipinski definition) is 1. The summed E-state index contributed by atoms with van der Waals surface area (Å²) in [5, 5.41) is 11.0. The molecule has 3 fully saturated rings. The summed E-state index contributed by atoms with van der Waals surface area (Å²) in [4.78, 5) is 36.7. The molecule has 194 valence electrons. The molecule has 3 saturated carbocycles. The second kappa shape index (κ2) is 8.81. The van der Waals surface area contributed by atoms with Crippen molar-refractivity contribution in [2.24, 2.45) is 28.6 Å².